The molecular formula is C12H18NO6P. The molecule has 2 N–H and O–H groups in total. The number of phosphoric acid groups is 1. The van der Waals surface area contributed by atoms with Gasteiger partial charge < -0.3 is 14.6 Å². The van der Waals surface area contributed by atoms with E-state index in [9.17, 15) is 9.36 Å². The van der Waals surface area contributed by atoms with Crippen molar-refractivity contribution in [3.8, 4) is 5.75 Å². The highest BCUT2D eigenvalue weighted by molar-refractivity contribution is 7.47. The summed E-state index contributed by atoms with van der Waals surface area (Å²) < 4.78 is 24.8. The van der Waals surface area contributed by atoms with E-state index in [1.54, 1.807) is 24.3 Å². The maximum atomic E-state index is 11.2. The third-order valence-electron chi connectivity index (χ3n) is 2.47. The monoisotopic (exact) mass is 303 g/mol. The first-order valence-corrected chi connectivity index (χ1v) is 7.37. The summed E-state index contributed by atoms with van der Waals surface area (Å²) in [5.74, 6) is 0.231. The summed E-state index contributed by atoms with van der Waals surface area (Å²) in [7, 11) is -1.64. The molecule has 0 saturated heterocycles. The van der Waals surface area contributed by atoms with Gasteiger partial charge in [-0.15, -0.1) is 0 Å². The highest BCUT2D eigenvalue weighted by Gasteiger charge is 2.20. The Hall–Kier alpha value is -1.56. The Bertz CT molecular complexity index is 489. The summed E-state index contributed by atoms with van der Waals surface area (Å²) >= 11 is 0. The van der Waals surface area contributed by atoms with Crippen molar-refractivity contribution in [3.05, 3.63) is 29.8 Å². The number of amides is 1. The molecule has 0 radical (unpaired) electrons. The van der Waals surface area contributed by atoms with Crippen LogP contribution in [-0.4, -0.2) is 31.2 Å². The van der Waals surface area contributed by atoms with E-state index >= 15 is 0 Å². The molecule has 20 heavy (non-hydrogen) atoms. The van der Waals surface area contributed by atoms with E-state index in [0.717, 1.165) is 12.7 Å². The van der Waals surface area contributed by atoms with Crippen LogP contribution in [0.15, 0.2) is 24.3 Å². The van der Waals surface area contributed by atoms with E-state index in [0.29, 0.717) is 6.42 Å². The molecule has 2 atom stereocenters. The molecule has 0 bridgehead atoms. The molecule has 112 valence electrons. The molecule has 1 amide bonds. The molecule has 1 rings (SSSR count). The van der Waals surface area contributed by atoms with E-state index < -0.39 is 13.9 Å². The minimum atomic E-state index is -4.03. The number of methoxy groups -OCH3 is 1. The van der Waals surface area contributed by atoms with E-state index in [-0.39, 0.29) is 11.8 Å². The molecule has 0 aliphatic carbocycles. The average Bonchev–Trinajstić information content (AvgIpc) is 2.40. The fourth-order valence-corrected chi connectivity index (χ4v) is 1.98. The van der Waals surface area contributed by atoms with Crippen molar-refractivity contribution in [2.75, 3.05) is 14.2 Å². The smallest absolute Gasteiger partial charge is 0.453 e. The van der Waals surface area contributed by atoms with Crippen LogP contribution in [0.25, 0.3) is 0 Å². The second-order valence-corrected chi connectivity index (χ2v) is 5.61. The molecule has 0 spiro atoms. The summed E-state index contributed by atoms with van der Waals surface area (Å²) in [5.41, 5.74) is 0.937. The third kappa shape index (κ3) is 5.61. The topological polar surface area (TPSA) is 94.1 Å². The molecule has 0 aliphatic rings. The van der Waals surface area contributed by atoms with Crippen LogP contribution in [0.4, 0.5) is 4.79 Å². The maximum absolute atomic E-state index is 11.2. The lowest BCUT2D eigenvalue weighted by Crippen LogP contribution is -2.33. The molecule has 7 nitrogen and oxygen atoms in total. The van der Waals surface area contributed by atoms with Gasteiger partial charge in [-0.05, 0) is 31.0 Å². The first-order chi connectivity index (χ1) is 9.36. The number of phosphoric ester groups is 1. The van der Waals surface area contributed by atoms with E-state index in [1.807, 2.05) is 6.92 Å². The zero-order chi connectivity index (χ0) is 15.2. The minimum Gasteiger partial charge on any atom is -0.453 e. The SMILES string of the molecule is COC(=O)N[C@H](C)Cc1ccc(OP(=O)(O)OC)cc1. The lowest BCUT2D eigenvalue weighted by Gasteiger charge is -2.14. The van der Waals surface area contributed by atoms with Crippen molar-refractivity contribution in [1.82, 2.24) is 5.32 Å². The van der Waals surface area contributed by atoms with Gasteiger partial charge in [-0.25, -0.2) is 9.36 Å². The summed E-state index contributed by atoms with van der Waals surface area (Å²) in [6.07, 6.45) is 0.106. The minimum absolute atomic E-state index is 0.0999. The molecule has 0 saturated carbocycles. The number of hydrogen-bond donors (Lipinski definition) is 2. The van der Waals surface area contributed by atoms with Crippen LogP contribution in [0.5, 0.6) is 5.75 Å². The second-order valence-electron chi connectivity index (χ2n) is 4.13. The van der Waals surface area contributed by atoms with Crippen LogP contribution in [0, 0.1) is 0 Å². The summed E-state index contributed by atoms with van der Waals surface area (Å²) in [4.78, 5) is 20.2. The van der Waals surface area contributed by atoms with Crippen LogP contribution in [0.1, 0.15) is 12.5 Å². The van der Waals surface area contributed by atoms with Crippen molar-refractivity contribution in [1.29, 1.82) is 0 Å². The van der Waals surface area contributed by atoms with Gasteiger partial charge in [0.1, 0.15) is 5.75 Å². The van der Waals surface area contributed by atoms with Crippen molar-refractivity contribution in [2.24, 2.45) is 0 Å². The molecular weight excluding hydrogens is 285 g/mol. The fourth-order valence-electron chi connectivity index (χ4n) is 1.52. The molecule has 1 aromatic carbocycles. The van der Waals surface area contributed by atoms with Crippen molar-refractivity contribution in [3.63, 3.8) is 0 Å². The Morgan fingerprint density at radius 2 is 1.95 bits per heavy atom. The van der Waals surface area contributed by atoms with Gasteiger partial charge in [0.25, 0.3) is 0 Å². The van der Waals surface area contributed by atoms with Gasteiger partial charge in [-0.1, -0.05) is 12.1 Å². The average molecular weight is 303 g/mol. The quantitative estimate of drug-likeness (QED) is 0.782. The Labute approximate surface area is 117 Å². The summed E-state index contributed by atoms with van der Waals surface area (Å²) in [6, 6.07) is 6.49. The standard InChI is InChI=1S/C12H18NO6P/c1-9(13-12(14)17-2)8-10-4-6-11(7-5-10)19-20(15,16)18-3/h4-7,9H,8H2,1-3H3,(H,13,14)(H,15,16)/t9-/m1/s1. The van der Waals surface area contributed by atoms with E-state index in [4.69, 9.17) is 9.42 Å². The van der Waals surface area contributed by atoms with Gasteiger partial charge in [0.05, 0.1) is 7.11 Å². The maximum Gasteiger partial charge on any atom is 0.527 e. The first kappa shape index (κ1) is 16.5. The Kier molecular flexibility index (Phi) is 6.01. The number of hydrogen-bond acceptors (Lipinski definition) is 5. The number of benzene rings is 1. The Balaban J connectivity index is 2.58. The number of carbonyl (C=O) groups excluding carboxylic acids is 1. The number of alkyl carbamates (subject to hydrolysis) is 1. The predicted molar refractivity (Wildman–Crippen MR) is 72.6 cm³/mol. The van der Waals surface area contributed by atoms with Crippen LogP contribution in [0.3, 0.4) is 0 Å². The van der Waals surface area contributed by atoms with Crippen LogP contribution >= 0.6 is 7.82 Å². The van der Waals surface area contributed by atoms with Crippen molar-refractivity contribution >= 4 is 13.9 Å². The Morgan fingerprint density at radius 3 is 2.45 bits per heavy atom. The highest BCUT2D eigenvalue weighted by Crippen LogP contribution is 2.42. The van der Waals surface area contributed by atoms with Gasteiger partial charge in [0, 0.05) is 13.2 Å². The summed E-state index contributed by atoms with van der Waals surface area (Å²) in [6.45, 7) is 1.84. The zero-order valence-corrected chi connectivity index (χ0v) is 12.4. The third-order valence-corrected chi connectivity index (χ3v) is 3.37. The van der Waals surface area contributed by atoms with Gasteiger partial charge in [-0.2, -0.15) is 0 Å². The zero-order valence-electron chi connectivity index (χ0n) is 11.5. The second kappa shape index (κ2) is 7.28. The normalized spacial score (nSPS) is 15.0. The van der Waals surface area contributed by atoms with Gasteiger partial charge >= 0.3 is 13.9 Å². The number of ether oxygens (including phenoxy) is 1. The van der Waals surface area contributed by atoms with Crippen molar-refractivity contribution in [2.45, 2.75) is 19.4 Å². The first-order valence-electron chi connectivity index (χ1n) is 5.88. The molecule has 0 aliphatic heterocycles. The predicted octanol–water partition coefficient (Wildman–Crippen LogP) is 2.10. The lowest BCUT2D eigenvalue weighted by atomic mass is 10.1. The number of carbonyl (C=O) groups is 1. The number of rotatable bonds is 6. The van der Waals surface area contributed by atoms with Gasteiger partial charge in [0.15, 0.2) is 0 Å². The molecule has 0 heterocycles. The Morgan fingerprint density at radius 1 is 1.35 bits per heavy atom. The van der Waals surface area contributed by atoms with Gasteiger partial charge in [0.2, 0.25) is 0 Å². The summed E-state index contributed by atoms with van der Waals surface area (Å²) in [5, 5.41) is 2.64. The van der Waals surface area contributed by atoms with Gasteiger partial charge in [-0.3, -0.25) is 9.42 Å². The lowest BCUT2D eigenvalue weighted by molar-refractivity contribution is 0.167. The van der Waals surface area contributed by atoms with Crippen LogP contribution in [0.2, 0.25) is 0 Å². The van der Waals surface area contributed by atoms with E-state index in [1.165, 1.54) is 7.11 Å². The molecule has 1 unspecified atom stereocenters. The molecule has 0 fully saturated rings. The van der Waals surface area contributed by atoms with Crippen LogP contribution < -0.4 is 9.84 Å². The molecule has 1 aromatic rings. The molecule has 0 aromatic heterocycles. The van der Waals surface area contributed by atoms with E-state index in [2.05, 4.69) is 14.6 Å². The van der Waals surface area contributed by atoms with Crippen molar-refractivity contribution < 1.29 is 28.0 Å². The van der Waals surface area contributed by atoms with Crippen LogP contribution in [-0.2, 0) is 20.2 Å². The largest absolute Gasteiger partial charge is 0.527 e. The fraction of sp³-hybridized carbons (Fsp3) is 0.417. The molecule has 8 heteroatoms. The number of nitrogens with one attached hydrogen (secondary N) is 1. The highest BCUT2D eigenvalue weighted by atomic mass is 31.2.